The van der Waals surface area contributed by atoms with Crippen molar-refractivity contribution in [3.63, 3.8) is 0 Å². The Morgan fingerprint density at radius 2 is 1.94 bits per heavy atom. The van der Waals surface area contributed by atoms with Crippen molar-refractivity contribution < 1.29 is 9.90 Å². The van der Waals surface area contributed by atoms with Crippen LogP contribution in [-0.4, -0.2) is 66.7 Å². The zero-order valence-electron chi connectivity index (χ0n) is 9.76. The molecule has 0 radical (unpaired) electrons. The van der Waals surface area contributed by atoms with Crippen molar-refractivity contribution in [3.05, 3.63) is 0 Å². The molecule has 0 aromatic heterocycles. The zero-order valence-corrected chi connectivity index (χ0v) is 10.6. The van der Waals surface area contributed by atoms with Gasteiger partial charge in [-0.3, -0.25) is 9.69 Å². The average molecular weight is 252 g/mol. The first-order valence-electron chi connectivity index (χ1n) is 5.51. The van der Waals surface area contributed by atoms with Crippen LogP contribution < -0.4 is 5.73 Å². The van der Waals surface area contributed by atoms with Crippen LogP contribution in [0.1, 0.15) is 6.92 Å². The van der Waals surface area contributed by atoms with Crippen LogP contribution in [0.3, 0.4) is 0 Å². The van der Waals surface area contributed by atoms with Crippen LogP contribution in [0, 0.1) is 5.92 Å². The van der Waals surface area contributed by atoms with Crippen LogP contribution in [-0.2, 0) is 4.79 Å². The molecule has 0 aromatic rings. The Morgan fingerprint density at radius 3 is 2.38 bits per heavy atom. The molecule has 5 nitrogen and oxygen atoms in total. The number of nitrogens with two attached hydrogens (primary N) is 1. The minimum atomic E-state index is -0.0746. The number of piperazine rings is 1. The molecule has 0 bridgehead atoms. The first-order valence-corrected chi connectivity index (χ1v) is 5.51. The maximum absolute atomic E-state index is 11.8. The van der Waals surface area contributed by atoms with E-state index in [4.69, 9.17) is 10.8 Å². The molecule has 1 atom stereocenters. The summed E-state index contributed by atoms with van der Waals surface area (Å²) in [5.41, 5.74) is 5.46. The number of rotatable bonds is 4. The van der Waals surface area contributed by atoms with E-state index in [2.05, 4.69) is 4.90 Å². The maximum Gasteiger partial charge on any atom is 0.226 e. The third kappa shape index (κ3) is 4.25. The number of aliphatic hydroxyl groups is 1. The second-order valence-corrected chi connectivity index (χ2v) is 4.03. The van der Waals surface area contributed by atoms with E-state index in [-0.39, 0.29) is 30.8 Å². The summed E-state index contributed by atoms with van der Waals surface area (Å²) in [5, 5.41) is 8.78. The molecular formula is C10H22ClN3O2. The van der Waals surface area contributed by atoms with Gasteiger partial charge in [0.05, 0.1) is 6.61 Å². The van der Waals surface area contributed by atoms with E-state index in [0.29, 0.717) is 13.1 Å². The number of aliphatic hydroxyl groups excluding tert-OH is 1. The van der Waals surface area contributed by atoms with Crippen LogP contribution in [0.5, 0.6) is 0 Å². The average Bonchev–Trinajstić information content (AvgIpc) is 2.28. The summed E-state index contributed by atoms with van der Waals surface area (Å²) in [5.74, 6) is 0.0792. The van der Waals surface area contributed by atoms with Crippen LogP contribution in [0.4, 0.5) is 0 Å². The van der Waals surface area contributed by atoms with Crippen LogP contribution >= 0.6 is 12.4 Å². The Balaban J connectivity index is 0.00000225. The quantitative estimate of drug-likeness (QED) is 0.682. The summed E-state index contributed by atoms with van der Waals surface area (Å²) >= 11 is 0. The molecule has 16 heavy (non-hydrogen) atoms. The molecule has 1 rings (SSSR count). The smallest absolute Gasteiger partial charge is 0.226 e. The van der Waals surface area contributed by atoms with E-state index in [0.717, 1.165) is 26.2 Å². The monoisotopic (exact) mass is 251 g/mol. The zero-order chi connectivity index (χ0) is 11.3. The van der Waals surface area contributed by atoms with Gasteiger partial charge in [0, 0.05) is 45.2 Å². The van der Waals surface area contributed by atoms with Crippen molar-refractivity contribution in [3.8, 4) is 0 Å². The van der Waals surface area contributed by atoms with Gasteiger partial charge in [0.25, 0.3) is 0 Å². The summed E-state index contributed by atoms with van der Waals surface area (Å²) in [6.45, 7) is 6.37. The van der Waals surface area contributed by atoms with Crippen molar-refractivity contribution in [2.24, 2.45) is 11.7 Å². The lowest BCUT2D eigenvalue weighted by Crippen LogP contribution is -2.51. The van der Waals surface area contributed by atoms with Gasteiger partial charge in [0.15, 0.2) is 0 Å². The second-order valence-electron chi connectivity index (χ2n) is 4.03. The first kappa shape index (κ1) is 15.6. The third-order valence-corrected chi connectivity index (χ3v) is 2.88. The molecule has 96 valence electrons. The highest BCUT2D eigenvalue weighted by Crippen LogP contribution is 2.06. The molecule has 1 heterocycles. The molecular weight excluding hydrogens is 230 g/mol. The van der Waals surface area contributed by atoms with Crippen LogP contribution in [0.2, 0.25) is 0 Å². The van der Waals surface area contributed by atoms with Gasteiger partial charge in [-0.05, 0) is 0 Å². The molecule has 0 aliphatic carbocycles. The van der Waals surface area contributed by atoms with Gasteiger partial charge in [-0.1, -0.05) is 6.92 Å². The van der Waals surface area contributed by atoms with E-state index >= 15 is 0 Å². The Hall–Kier alpha value is -0.360. The fourth-order valence-corrected chi connectivity index (χ4v) is 1.75. The molecule has 1 aliphatic rings. The summed E-state index contributed by atoms with van der Waals surface area (Å²) < 4.78 is 0. The maximum atomic E-state index is 11.8. The van der Waals surface area contributed by atoms with Crippen molar-refractivity contribution in [1.29, 1.82) is 0 Å². The number of hydrogen-bond acceptors (Lipinski definition) is 4. The number of β-amino-alcohol motifs (C(OH)–C–C–N with tert-alkyl or cyclic N) is 1. The van der Waals surface area contributed by atoms with E-state index in [1.165, 1.54) is 0 Å². The van der Waals surface area contributed by atoms with Crippen molar-refractivity contribution in [2.75, 3.05) is 45.9 Å². The molecule has 0 saturated carbocycles. The fourth-order valence-electron chi connectivity index (χ4n) is 1.75. The Morgan fingerprint density at radius 1 is 1.38 bits per heavy atom. The van der Waals surface area contributed by atoms with Gasteiger partial charge in [-0.15, -0.1) is 12.4 Å². The number of amides is 1. The normalized spacial score (nSPS) is 19.1. The Kier molecular flexibility index (Phi) is 7.66. The highest BCUT2D eigenvalue weighted by Gasteiger charge is 2.23. The minimum Gasteiger partial charge on any atom is -0.395 e. The van der Waals surface area contributed by atoms with E-state index < -0.39 is 0 Å². The van der Waals surface area contributed by atoms with E-state index in [1.807, 2.05) is 11.8 Å². The fraction of sp³-hybridized carbons (Fsp3) is 0.900. The number of carbonyl (C=O) groups is 1. The standard InChI is InChI=1S/C10H21N3O2.ClH/c1-9(8-11)10(15)13-4-2-12(3-5-13)6-7-14;/h9,14H,2-8,11H2,1H3;1H. The Labute approximate surface area is 103 Å². The van der Waals surface area contributed by atoms with Gasteiger partial charge in [-0.2, -0.15) is 0 Å². The molecule has 6 heteroatoms. The molecule has 1 unspecified atom stereocenters. The summed E-state index contributed by atoms with van der Waals surface area (Å²) in [6.07, 6.45) is 0. The number of halogens is 1. The van der Waals surface area contributed by atoms with Gasteiger partial charge in [0.1, 0.15) is 0 Å². The van der Waals surface area contributed by atoms with E-state index in [1.54, 1.807) is 0 Å². The van der Waals surface area contributed by atoms with E-state index in [9.17, 15) is 4.79 Å². The lowest BCUT2D eigenvalue weighted by atomic mass is 10.1. The molecule has 0 aromatic carbocycles. The highest BCUT2D eigenvalue weighted by atomic mass is 35.5. The minimum absolute atomic E-state index is 0. The molecule has 1 amide bonds. The SMILES string of the molecule is CC(CN)C(=O)N1CCN(CCO)CC1.Cl. The molecule has 1 fully saturated rings. The first-order chi connectivity index (χ1) is 7.19. The predicted molar refractivity (Wildman–Crippen MR) is 65.6 cm³/mol. The summed E-state index contributed by atoms with van der Waals surface area (Å²) in [6, 6.07) is 0. The third-order valence-electron chi connectivity index (χ3n) is 2.88. The van der Waals surface area contributed by atoms with Gasteiger partial charge < -0.3 is 15.7 Å². The van der Waals surface area contributed by atoms with Crippen LogP contribution in [0.15, 0.2) is 0 Å². The largest absolute Gasteiger partial charge is 0.395 e. The van der Waals surface area contributed by atoms with Crippen molar-refractivity contribution in [2.45, 2.75) is 6.92 Å². The lowest BCUT2D eigenvalue weighted by molar-refractivity contribution is -0.136. The second kappa shape index (κ2) is 7.84. The molecule has 0 spiro atoms. The lowest BCUT2D eigenvalue weighted by Gasteiger charge is -2.35. The summed E-state index contributed by atoms with van der Waals surface area (Å²) in [4.78, 5) is 15.8. The summed E-state index contributed by atoms with van der Waals surface area (Å²) in [7, 11) is 0. The van der Waals surface area contributed by atoms with Crippen molar-refractivity contribution in [1.82, 2.24) is 9.80 Å². The van der Waals surface area contributed by atoms with Gasteiger partial charge in [0.2, 0.25) is 5.91 Å². The number of carbonyl (C=O) groups excluding carboxylic acids is 1. The van der Waals surface area contributed by atoms with Crippen LogP contribution in [0.25, 0.3) is 0 Å². The number of nitrogens with zero attached hydrogens (tertiary/aromatic N) is 2. The predicted octanol–water partition coefficient (Wildman–Crippen LogP) is -0.860. The molecule has 1 saturated heterocycles. The molecule has 3 N–H and O–H groups in total. The topological polar surface area (TPSA) is 69.8 Å². The van der Waals surface area contributed by atoms with Gasteiger partial charge >= 0.3 is 0 Å². The number of hydrogen-bond donors (Lipinski definition) is 2. The molecule has 1 aliphatic heterocycles. The Bertz CT molecular complexity index is 208. The van der Waals surface area contributed by atoms with Crippen molar-refractivity contribution >= 4 is 18.3 Å². The van der Waals surface area contributed by atoms with Gasteiger partial charge in [-0.25, -0.2) is 0 Å². The highest BCUT2D eigenvalue weighted by molar-refractivity contribution is 5.85.